The summed E-state index contributed by atoms with van der Waals surface area (Å²) in [5.41, 5.74) is 1.69. The second kappa shape index (κ2) is 7.68. The number of aryl methyl sites for hydroxylation is 2. The summed E-state index contributed by atoms with van der Waals surface area (Å²) in [7, 11) is 0. The molecule has 0 aliphatic heterocycles. The topological polar surface area (TPSA) is 107 Å². The summed E-state index contributed by atoms with van der Waals surface area (Å²) in [6.07, 6.45) is 0. The molecule has 3 N–H and O–H groups in total. The van der Waals surface area contributed by atoms with Crippen LogP contribution in [0.5, 0.6) is 5.75 Å². The Balaban J connectivity index is 1.87. The average molecular weight is 383 g/mol. The van der Waals surface area contributed by atoms with Gasteiger partial charge in [-0.25, -0.2) is 0 Å². The molecule has 8 heteroatoms. The number of aromatic hydroxyl groups is 1. The first-order chi connectivity index (χ1) is 12.9. The van der Waals surface area contributed by atoms with Crippen LogP contribution in [0.3, 0.4) is 0 Å². The van der Waals surface area contributed by atoms with Gasteiger partial charge in [0, 0.05) is 0 Å². The number of phenols is 1. The van der Waals surface area contributed by atoms with Gasteiger partial charge in [-0.2, -0.15) is 14.0 Å². The molecule has 140 valence electrons. The molecular formula is C19H21N5O2S. The number of nitrogens with zero attached hydrogens (tertiary/aromatic N) is 3. The summed E-state index contributed by atoms with van der Waals surface area (Å²) in [6, 6.07) is 8.83. The highest BCUT2D eigenvalue weighted by atomic mass is 32.1. The van der Waals surface area contributed by atoms with Gasteiger partial charge in [0.25, 0.3) is 0 Å². The molecule has 0 unspecified atom stereocenters. The molecule has 0 aliphatic carbocycles. The van der Waals surface area contributed by atoms with Crippen molar-refractivity contribution in [2.45, 2.75) is 33.7 Å². The standard InChI is InChI=1S/C19H21N5O2S/c1-10(2)16(15-8-11(3)12(4)26-15)22-19-18(23-27-24-19)21-14-7-5-6-13(9-20)17(14)25/h5-8,10,16,25H,1-4H3,(H,21,23)(H,22,24)/t16-/m1/s1. The SMILES string of the molecule is Cc1cc([C@H](Nc2nsnc2Nc2cccc(C#N)c2O)C(C)C)oc1C. The Bertz CT molecular complexity index is 967. The molecule has 7 nitrogen and oxygen atoms in total. The number of furan rings is 1. The molecule has 0 fully saturated rings. The minimum atomic E-state index is -0.114. The van der Waals surface area contributed by atoms with E-state index in [1.165, 1.54) is 0 Å². The molecule has 0 saturated heterocycles. The smallest absolute Gasteiger partial charge is 0.188 e. The van der Waals surface area contributed by atoms with Crippen LogP contribution in [0.1, 0.15) is 42.5 Å². The Kier molecular flexibility index (Phi) is 5.33. The van der Waals surface area contributed by atoms with E-state index < -0.39 is 0 Å². The maximum Gasteiger partial charge on any atom is 0.188 e. The lowest BCUT2D eigenvalue weighted by molar-refractivity contribution is 0.408. The highest BCUT2D eigenvalue weighted by Crippen LogP contribution is 2.35. The van der Waals surface area contributed by atoms with Gasteiger partial charge in [0.1, 0.15) is 17.6 Å². The first kappa shape index (κ1) is 18.7. The molecule has 2 heterocycles. The zero-order valence-corrected chi connectivity index (χ0v) is 16.4. The summed E-state index contributed by atoms with van der Waals surface area (Å²) in [6.45, 7) is 8.15. The lowest BCUT2D eigenvalue weighted by atomic mass is 10.0. The second-order valence-electron chi connectivity index (χ2n) is 6.65. The van der Waals surface area contributed by atoms with Crippen molar-refractivity contribution in [1.82, 2.24) is 8.75 Å². The molecule has 3 aromatic rings. The van der Waals surface area contributed by atoms with Crippen LogP contribution in [0.4, 0.5) is 17.3 Å². The van der Waals surface area contributed by atoms with Crippen LogP contribution in [0.15, 0.2) is 28.7 Å². The van der Waals surface area contributed by atoms with Gasteiger partial charge in [-0.15, -0.1) is 0 Å². The fourth-order valence-corrected chi connectivity index (χ4v) is 3.17. The van der Waals surface area contributed by atoms with E-state index in [9.17, 15) is 5.11 Å². The largest absolute Gasteiger partial charge is 0.504 e. The number of hydrogen-bond donors (Lipinski definition) is 3. The van der Waals surface area contributed by atoms with Crippen LogP contribution < -0.4 is 10.6 Å². The molecule has 1 aromatic carbocycles. The molecule has 0 saturated carbocycles. The zero-order valence-electron chi connectivity index (χ0n) is 15.6. The second-order valence-corrected chi connectivity index (χ2v) is 7.18. The number of anilines is 3. The predicted molar refractivity (Wildman–Crippen MR) is 105 cm³/mol. The van der Waals surface area contributed by atoms with Gasteiger partial charge >= 0.3 is 0 Å². The molecule has 2 aromatic heterocycles. The third kappa shape index (κ3) is 3.88. The van der Waals surface area contributed by atoms with Crippen LogP contribution in [0.2, 0.25) is 0 Å². The number of hydrogen-bond acceptors (Lipinski definition) is 8. The van der Waals surface area contributed by atoms with Crippen LogP contribution >= 0.6 is 11.7 Å². The number of benzene rings is 1. The Labute approximate surface area is 162 Å². The quantitative estimate of drug-likeness (QED) is 0.521. The molecule has 27 heavy (non-hydrogen) atoms. The van der Waals surface area contributed by atoms with Gasteiger partial charge in [-0.1, -0.05) is 19.9 Å². The fraction of sp³-hybridized carbons (Fsp3) is 0.316. The molecule has 0 spiro atoms. The van der Waals surface area contributed by atoms with Gasteiger partial charge in [0.2, 0.25) is 0 Å². The predicted octanol–water partition coefficient (Wildman–Crippen LogP) is 4.88. The Hall–Kier alpha value is -3.05. The number of nitrogens with one attached hydrogen (secondary N) is 2. The van der Waals surface area contributed by atoms with Crippen LogP contribution in [-0.2, 0) is 0 Å². The summed E-state index contributed by atoms with van der Waals surface area (Å²) in [5.74, 6) is 2.92. The van der Waals surface area contributed by atoms with Gasteiger partial charge in [-0.05, 0) is 43.5 Å². The molecule has 0 radical (unpaired) electrons. The first-order valence-corrected chi connectivity index (χ1v) is 9.28. The maximum absolute atomic E-state index is 10.2. The van der Waals surface area contributed by atoms with Crippen molar-refractivity contribution in [1.29, 1.82) is 5.26 Å². The molecule has 1 atom stereocenters. The van der Waals surface area contributed by atoms with Crippen LogP contribution in [0.25, 0.3) is 0 Å². The van der Waals surface area contributed by atoms with Crippen molar-refractivity contribution in [3.8, 4) is 11.8 Å². The maximum atomic E-state index is 10.2. The number of nitriles is 1. The molecule has 0 amide bonds. The van der Waals surface area contributed by atoms with Gasteiger partial charge in [0.05, 0.1) is 29.0 Å². The zero-order chi connectivity index (χ0) is 19.6. The first-order valence-electron chi connectivity index (χ1n) is 8.55. The van der Waals surface area contributed by atoms with Crippen molar-refractivity contribution in [2.75, 3.05) is 10.6 Å². The van der Waals surface area contributed by atoms with E-state index in [1.54, 1.807) is 18.2 Å². The molecule has 0 bridgehead atoms. The monoisotopic (exact) mass is 383 g/mol. The summed E-state index contributed by atoms with van der Waals surface area (Å²) in [4.78, 5) is 0. The lowest BCUT2D eigenvalue weighted by Crippen LogP contribution is -2.17. The van der Waals surface area contributed by atoms with Crippen molar-refractivity contribution in [2.24, 2.45) is 5.92 Å². The number of para-hydroxylation sites is 1. The van der Waals surface area contributed by atoms with Crippen molar-refractivity contribution >= 4 is 29.1 Å². The minimum Gasteiger partial charge on any atom is -0.504 e. The van der Waals surface area contributed by atoms with Gasteiger partial charge in [0.15, 0.2) is 17.4 Å². The summed E-state index contributed by atoms with van der Waals surface area (Å²) in [5, 5.41) is 25.7. The Morgan fingerprint density at radius 2 is 1.96 bits per heavy atom. The molecule has 3 rings (SSSR count). The van der Waals surface area contributed by atoms with E-state index in [1.807, 2.05) is 26.0 Å². The fourth-order valence-electron chi connectivity index (χ4n) is 2.70. The molecular weight excluding hydrogens is 362 g/mol. The Morgan fingerprint density at radius 3 is 2.59 bits per heavy atom. The average Bonchev–Trinajstić information content (AvgIpc) is 3.20. The van der Waals surface area contributed by atoms with Crippen molar-refractivity contribution < 1.29 is 9.52 Å². The Morgan fingerprint density at radius 1 is 1.22 bits per heavy atom. The summed E-state index contributed by atoms with van der Waals surface area (Å²) >= 11 is 1.06. The van der Waals surface area contributed by atoms with Crippen LogP contribution in [-0.4, -0.2) is 13.9 Å². The highest BCUT2D eigenvalue weighted by Gasteiger charge is 2.23. The summed E-state index contributed by atoms with van der Waals surface area (Å²) < 4.78 is 14.5. The van der Waals surface area contributed by atoms with E-state index in [0.717, 1.165) is 28.8 Å². The van der Waals surface area contributed by atoms with E-state index >= 15 is 0 Å². The lowest BCUT2D eigenvalue weighted by Gasteiger charge is -2.20. The number of aromatic nitrogens is 2. The van der Waals surface area contributed by atoms with Gasteiger partial charge in [-0.3, -0.25) is 0 Å². The van der Waals surface area contributed by atoms with Crippen molar-refractivity contribution in [3.63, 3.8) is 0 Å². The van der Waals surface area contributed by atoms with Crippen molar-refractivity contribution in [3.05, 3.63) is 46.9 Å². The highest BCUT2D eigenvalue weighted by molar-refractivity contribution is 6.99. The van der Waals surface area contributed by atoms with Gasteiger partial charge < -0.3 is 20.2 Å². The third-order valence-corrected chi connectivity index (χ3v) is 4.88. The van der Waals surface area contributed by atoms with E-state index in [2.05, 4.69) is 33.2 Å². The van der Waals surface area contributed by atoms with E-state index in [-0.39, 0.29) is 23.3 Å². The van der Waals surface area contributed by atoms with Crippen LogP contribution in [0, 0.1) is 31.1 Å². The normalized spacial score (nSPS) is 12.0. The number of rotatable bonds is 6. The minimum absolute atomic E-state index is 0.0825. The third-order valence-electron chi connectivity index (χ3n) is 4.35. The van der Waals surface area contributed by atoms with E-state index in [4.69, 9.17) is 9.68 Å². The molecule has 0 aliphatic rings. The number of phenolic OH excluding ortho intramolecular Hbond substituents is 1. The van der Waals surface area contributed by atoms with E-state index in [0.29, 0.717) is 17.3 Å².